The molecule has 0 atom stereocenters. The number of carbonyl (C=O) groups is 2. The molecule has 0 unspecified atom stereocenters. The minimum Gasteiger partial charge on any atom is -0.449 e. The van der Waals surface area contributed by atoms with E-state index in [1.54, 1.807) is 49.1 Å². The van der Waals surface area contributed by atoms with Crippen molar-refractivity contribution in [3.05, 3.63) is 60.2 Å². The van der Waals surface area contributed by atoms with Crippen molar-refractivity contribution < 1.29 is 28.2 Å². The van der Waals surface area contributed by atoms with Crippen LogP contribution in [0.2, 0.25) is 0 Å². The molecule has 122 valence electrons. The van der Waals surface area contributed by atoms with Crippen molar-refractivity contribution >= 4 is 11.9 Å². The third kappa shape index (κ3) is 5.21. The number of aromatic nitrogens is 2. The van der Waals surface area contributed by atoms with Crippen molar-refractivity contribution in [2.24, 2.45) is 14.1 Å². The fourth-order valence-electron chi connectivity index (χ4n) is 1.75. The zero-order valence-corrected chi connectivity index (χ0v) is 13.6. The van der Waals surface area contributed by atoms with Crippen LogP contribution in [0, 0.1) is 11.8 Å². The Bertz CT molecular complexity index is 706. The van der Waals surface area contributed by atoms with E-state index in [-0.39, 0.29) is 13.2 Å². The Kier molecular flexibility index (Phi) is 6.03. The van der Waals surface area contributed by atoms with Gasteiger partial charge in [-0.1, -0.05) is 11.8 Å². The van der Waals surface area contributed by atoms with Crippen molar-refractivity contribution in [3.63, 3.8) is 0 Å². The highest BCUT2D eigenvalue weighted by atomic mass is 16.5. The molecular weight excluding hydrogens is 308 g/mol. The molecule has 2 aromatic heterocycles. The van der Waals surface area contributed by atoms with E-state index in [2.05, 4.69) is 11.8 Å². The summed E-state index contributed by atoms with van der Waals surface area (Å²) >= 11 is 0. The molecule has 6 nitrogen and oxygen atoms in total. The van der Waals surface area contributed by atoms with Gasteiger partial charge < -0.3 is 9.47 Å². The summed E-state index contributed by atoms with van der Waals surface area (Å²) in [4.78, 5) is 23.4. The molecule has 0 saturated heterocycles. The van der Waals surface area contributed by atoms with Gasteiger partial charge in [0, 0.05) is 24.3 Å². The molecular formula is C18H18N2O4+2. The third-order valence-corrected chi connectivity index (χ3v) is 3.10. The van der Waals surface area contributed by atoms with Gasteiger partial charge >= 0.3 is 11.9 Å². The van der Waals surface area contributed by atoms with Gasteiger partial charge in [-0.3, -0.25) is 0 Å². The second-order valence-electron chi connectivity index (χ2n) is 5.01. The van der Waals surface area contributed by atoms with Crippen molar-refractivity contribution in [3.8, 4) is 11.8 Å². The van der Waals surface area contributed by atoms with Gasteiger partial charge in [0.25, 0.3) is 0 Å². The number of carbonyl (C=O) groups excluding carboxylic acids is 2. The second-order valence-corrected chi connectivity index (χ2v) is 5.01. The number of aryl methyl sites for hydroxylation is 2. The van der Waals surface area contributed by atoms with E-state index in [1.165, 1.54) is 0 Å². The number of ether oxygens (including phenoxy) is 2. The van der Waals surface area contributed by atoms with Crippen LogP contribution in [0.3, 0.4) is 0 Å². The number of hydrogen-bond acceptors (Lipinski definition) is 4. The Hall–Kier alpha value is -3.20. The molecule has 0 bridgehead atoms. The summed E-state index contributed by atoms with van der Waals surface area (Å²) < 4.78 is 13.6. The Labute approximate surface area is 140 Å². The molecule has 0 saturated carbocycles. The second kappa shape index (κ2) is 8.44. The molecule has 6 heteroatoms. The number of esters is 2. The summed E-state index contributed by atoms with van der Waals surface area (Å²) in [7, 11) is 3.72. The Balaban J connectivity index is 1.72. The number of pyridine rings is 2. The Morgan fingerprint density at radius 2 is 1.12 bits per heavy atom. The third-order valence-electron chi connectivity index (χ3n) is 3.10. The molecule has 0 N–H and O–H groups in total. The van der Waals surface area contributed by atoms with Crippen LogP contribution in [0.25, 0.3) is 0 Å². The summed E-state index contributed by atoms with van der Waals surface area (Å²) in [6.07, 6.45) is 7.02. The predicted octanol–water partition coefficient (Wildman–Crippen LogP) is 0.353. The summed E-state index contributed by atoms with van der Waals surface area (Å²) in [5, 5.41) is 0. The highest BCUT2D eigenvalue weighted by Crippen LogP contribution is 1.99. The van der Waals surface area contributed by atoms with Crippen molar-refractivity contribution in [1.29, 1.82) is 0 Å². The van der Waals surface area contributed by atoms with Gasteiger partial charge in [-0.15, -0.1) is 0 Å². The minimum atomic E-state index is -0.445. The van der Waals surface area contributed by atoms with Gasteiger partial charge in [-0.05, 0) is 0 Å². The predicted molar refractivity (Wildman–Crippen MR) is 83.6 cm³/mol. The molecule has 0 amide bonds. The van der Waals surface area contributed by atoms with Crippen molar-refractivity contribution in [2.75, 3.05) is 13.2 Å². The first kappa shape index (κ1) is 17.2. The lowest BCUT2D eigenvalue weighted by atomic mass is 10.3. The molecule has 0 aromatic carbocycles. The normalized spacial score (nSPS) is 9.58. The molecule has 24 heavy (non-hydrogen) atoms. The number of hydrogen-bond donors (Lipinski definition) is 0. The lowest BCUT2D eigenvalue weighted by molar-refractivity contribution is -0.671. The summed E-state index contributed by atoms with van der Waals surface area (Å²) in [6.45, 7) is -0.114. The van der Waals surface area contributed by atoms with Gasteiger partial charge in [0.2, 0.25) is 0 Å². The van der Waals surface area contributed by atoms with Crippen LogP contribution in [-0.2, 0) is 23.6 Å². The van der Waals surface area contributed by atoms with E-state index in [9.17, 15) is 9.59 Å². The van der Waals surface area contributed by atoms with Crippen molar-refractivity contribution in [2.45, 2.75) is 0 Å². The van der Waals surface area contributed by atoms with Gasteiger partial charge in [-0.25, -0.2) is 18.7 Å². The molecule has 0 aliphatic heterocycles. The number of nitrogens with zero attached hydrogens (tertiary/aromatic N) is 2. The van der Waals surface area contributed by atoms with Crippen LogP contribution in [0.15, 0.2) is 49.1 Å². The quantitative estimate of drug-likeness (QED) is 0.462. The lowest BCUT2D eigenvalue weighted by Gasteiger charge is -2.00. The first-order valence-corrected chi connectivity index (χ1v) is 7.27. The molecule has 2 rings (SSSR count). The summed E-state index contributed by atoms with van der Waals surface area (Å²) in [6, 6.07) is 6.66. The van der Waals surface area contributed by atoms with Crippen LogP contribution >= 0.6 is 0 Å². The Morgan fingerprint density at radius 1 is 0.792 bits per heavy atom. The molecule has 0 aliphatic rings. The van der Waals surface area contributed by atoms with E-state index in [0.29, 0.717) is 11.1 Å². The van der Waals surface area contributed by atoms with Gasteiger partial charge in [0.05, 0.1) is 11.1 Å². The molecule has 0 aliphatic carbocycles. The average molecular weight is 326 g/mol. The molecule has 0 radical (unpaired) electrons. The van der Waals surface area contributed by atoms with Gasteiger partial charge in [0.1, 0.15) is 14.1 Å². The van der Waals surface area contributed by atoms with Gasteiger partial charge in [-0.2, -0.15) is 0 Å². The largest absolute Gasteiger partial charge is 0.449 e. The minimum absolute atomic E-state index is 0.0570. The fraction of sp³-hybridized carbons (Fsp3) is 0.222. The number of rotatable bonds is 4. The standard InChI is InChI=1S/C18H18N2O4/c1-19-9-5-15(6-10-19)17(21)23-13-3-4-14-24-18(22)16-7-11-20(2)12-8-16/h5-12H,13-14H2,1-2H3/q+2. The first-order chi connectivity index (χ1) is 11.6. The zero-order valence-electron chi connectivity index (χ0n) is 13.6. The maximum absolute atomic E-state index is 11.7. The summed E-state index contributed by atoms with van der Waals surface area (Å²) in [5.41, 5.74) is 0.914. The van der Waals surface area contributed by atoms with Crippen molar-refractivity contribution in [1.82, 2.24) is 0 Å². The topological polar surface area (TPSA) is 60.4 Å². The smallest absolute Gasteiger partial charge is 0.339 e. The molecule has 2 aromatic rings. The van der Waals surface area contributed by atoms with E-state index >= 15 is 0 Å². The van der Waals surface area contributed by atoms with E-state index in [0.717, 1.165) is 0 Å². The zero-order chi connectivity index (χ0) is 17.4. The average Bonchev–Trinajstić information content (AvgIpc) is 2.58. The maximum Gasteiger partial charge on any atom is 0.339 e. The van der Waals surface area contributed by atoms with Crippen LogP contribution in [0.5, 0.6) is 0 Å². The SMILES string of the molecule is C[n+]1ccc(C(=O)OCC#CCOC(=O)c2cc[n+](C)cc2)cc1. The Morgan fingerprint density at radius 3 is 1.46 bits per heavy atom. The van der Waals surface area contributed by atoms with E-state index in [1.807, 2.05) is 23.2 Å². The van der Waals surface area contributed by atoms with E-state index in [4.69, 9.17) is 9.47 Å². The van der Waals surface area contributed by atoms with E-state index < -0.39 is 11.9 Å². The molecule has 0 fully saturated rings. The van der Waals surface area contributed by atoms with Crippen LogP contribution in [0.1, 0.15) is 20.7 Å². The highest BCUT2D eigenvalue weighted by Gasteiger charge is 2.08. The van der Waals surface area contributed by atoms with Crippen LogP contribution < -0.4 is 9.13 Å². The highest BCUT2D eigenvalue weighted by molar-refractivity contribution is 5.89. The van der Waals surface area contributed by atoms with Gasteiger partial charge in [0.15, 0.2) is 38.0 Å². The first-order valence-electron chi connectivity index (χ1n) is 7.27. The fourth-order valence-corrected chi connectivity index (χ4v) is 1.75. The summed E-state index contributed by atoms with van der Waals surface area (Å²) in [5.74, 6) is 4.38. The molecule has 2 heterocycles. The van der Waals surface area contributed by atoms with Crippen LogP contribution in [0.4, 0.5) is 0 Å². The maximum atomic E-state index is 11.7. The molecule has 0 spiro atoms. The van der Waals surface area contributed by atoms with Crippen LogP contribution in [-0.4, -0.2) is 25.2 Å². The monoisotopic (exact) mass is 326 g/mol. The lowest BCUT2D eigenvalue weighted by Crippen LogP contribution is -2.26.